The van der Waals surface area contributed by atoms with Gasteiger partial charge in [0, 0.05) is 6.42 Å². The van der Waals surface area contributed by atoms with Crippen LogP contribution in [0.5, 0.6) is 0 Å². The first-order valence-electron chi connectivity index (χ1n) is 3.10. The zero-order valence-electron chi connectivity index (χ0n) is 5.62. The Balaban J connectivity index is 3.09. The van der Waals surface area contributed by atoms with Gasteiger partial charge in [-0.05, 0) is 6.42 Å². The van der Waals surface area contributed by atoms with E-state index in [0.29, 0.717) is 17.7 Å². The second-order valence-electron chi connectivity index (χ2n) is 2.39. The molecule has 1 aliphatic carbocycles. The minimum atomic E-state index is -2.15. The van der Waals surface area contributed by atoms with Crippen molar-refractivity contribution in [2.45, 2.75) is 19.8 Å². The van der Waals surface area contributed by atoms with E-state index in [-0.39, 0.29) is 11.7 Å². The highest BCUT2D eigenvalue weighted by Crippen LogP contribution is 2.16. The van der Waals surface area contributed by atoms with Gasteiger partial charge in [-0.3, -0.25) is 4.79 Å². The Labute approximate surface area is 60.6 Å². The molecule has 0 spiro atoms. The molecule has 0 aromatic rings. The van der Waals surface area contributed by atoms with Crippen LogP contribution in [0.3, 0.4) is 0 Å². The lowest BCUT2D eigenvalue weighted by Gasteiger charge is -1.93. The highest BCUT2D eigenvalue weighted by molar-refractivity contribution is 7.73. The Morgan fingerprint density at radius 3 is 2.20 bits per heavy atom. The Morgan fingerprint density at radius 1 is 1.40 bits per heavy atom. The predicted molar refractivity (Wildman–Crippen MR) is 37.3 cm³/mol. The molecule has 0 heterocycles. The topological polar surface area (TPSA) is 51.2 Å². The summed E-state index contributed by atoms with van der Waals surface area (Å²) in [4.78, 5) is 11.2. The second kappa shape index (κ2) is 2.54. The monoisotopic (exact) mass is 160 g/mol. The van der Waals surface area contributed by atoms with Gasteiger partial charge >= 0.3 is 0 Å². The zero-order valence-corrected chi connectivity index (χ0v) is 6.44. The molecule has 0 aromatic carbocycles. The van der Waals surface area contributed by atoms with E-state index < -0.39 is 10.3 Å². The first kappa shape index (κ1) is 7.47. The number of rotatable bonds is 0. The molecule has 0 radical (unpaired) electrons. The Bertz CT molecular complexity index is 278. The summed E-state index contributed by atoms with van der Waals surface area (Å²) in [6.45, 7) is 1.64. The number of carbonyl (C=O) groups is 1. The lowest BCUT2D eigenvalue weighted by Crippen LogP contribution is -2.09. The molecule has 4 heteroatoms. The average molecular weight is 160 g/mol. The molecule has 10 heavy (non-hydrogen) atoms. The highest BCUT2D eigenvalue weighted by atomic mass is 32.2. The summed E-state index contributed by atoms with van der Waals surface area (Å²) < 4.78 is 20.7. The number of hydrogen-bond donors (Lipinski definition) is 0. The maximum atomic E-state index is 10.8. The molecule has 1 atom stereocenters. The fourth-order valence-corrected chi connectivity index (χ4v) is 1.78. The molecule has 0 amide bonds. The van der Waals surface area contributed by atoms with Crippen molar-refractivity contribution in [3.63, 3.8) is 0 Å². The Kier molecular flexibility index (Phi) is 1.89. The summed E-state index contributed by atoms with van der Waals surface area (Å²) in [5, 5.41) is 0. The van der Waals surface area contributed by atoms with Crippen molar-refractivity contribution in [2.75, 3.05) is 0 Å². The van der Waals surface area contributed by atoms with Gasteiger partial charge in [0.2, 0.25) is 10.3 Å². The van der Waals surface area contributed by atoms with Gasteiger partial charge in [0.25, 0.3) is 0 Å². The van der Waals surface area contributed by atoms with Gasteiger partial charge in [0.05, 0.1) is 10.8 Å². The molecule has 0 aliphatic heterocycles. The van der Waals surface area contributed by atoms with Gasteiger partial charge in [-0.2, -0.15) is 8.42 Å². The van der Waals surface area contributed by atoms with Crippen LogP contribution in [-0.2, 0) is 15.1 Å². The number of carbonyl (C=O) groups excluding carboxylic acids is 1. The van der Waals surface area contributed by atoms with E-state index in [9.17, 15) is 13.2 Å². The first-order chi connectivity index (χ1) is 4.63. The predicted octanol–water partition coefficient (Wildman–Crippen LogP) is 0.0369. The van der Waals surface area contributed by atoms with Gasteiger partial charge in [0.1, 0.15) is 5.78 Å². The largest absolute Gasteiger partial charge is 0.299 e. The first-order valence-corrected chi connectivity index (χ1v) is 4.18. The third kappa shape index (κ3) is 1.11. The van der Waals surface area contributed by atoms with Crippen LogP contribution in [-0.4, -0.2) is 19.1 Å². The van der Waals surface area contributed by atoms with Crippen LogP contribution < -0.4 is 0 Å². The van der Waals surface area contributed by atoms with Gasteiger partial charge in [-0.25, -0.2) is 0 Å². The van der Waals surface area contributed by atoms with E-state index in [1.54, 1.807) is 6.92 Å². The summed E-state index contributed by atoms with van der Waals surface area (Å²) in [6, 6.07) is 0. The molecule has 3 nitrogen and oxygen atoms in total. The van der Waals surface area contributed by atoms with Crippen LogP contribution in [0.15, 0.2) is 0 Å². The maximum Gasteiger partial charge on any atom is 0.213 e. The summed E-state index contributed by atoms with van der Waals surface area (Å²) in [5.74, 6) is -0.322. The van der Waals surface area contributed by atoms with Gasteiger partial charge in [0.15, 0.2) is 0 Å². The van der Waals surface area contributed by atoms with E-state index in [1.165, 1.54) is 0 Å². The smallest absolute Gasteiger partial charge is 0.213 e. The molecular formula is C6H8O3S. The molecule has 1 aliphatic rings. The van der Waals surface area contributed by atoms with E-state index >= 15 is 0 Å². The van der Waals surface area contributed by atoms with Gasteiger partial charge in [-0.1, -0.05) is 6.92 Å². The third-order valence-electron chi connectivity index (χ3n) is 1.80. The van der Waals surface area contributed by atoms with Crippen LogP contribution in [0.2, 0.25) is 0 Å². The number of hydrogen-bond acceptors (Lipinski definition) is 3. The van der Waals surface area contributed by atoms with Crippen LogP contribution in [0, 0.1) is 5.92 Å². The fourth-order valence-electron chi connectivity index (χ4n) is 1.09. The molecule has 1 unspecified atom stereocenters. The van der Waals surface area contributed by atoms with Crippen molar-refractivity contribution in [1.82, 2.24) is 0 Å². The molecule has 56 valence electrons. The Morgan fingerprint density at radius 2 is 2.00 bits per heavy atom. The summed E-state index contributed by atoms with van der Waals surface area (Å²) in [7, 11) is -2.15. The molecule has 1 fully saturated rings. The molecule has 1 saturated carbocycles. The summed E-state index contributed by atoms with van der Waals surface area (Å²) in [5.41, 5.74) is 0. The molecular weight excluding hydrogens is 152 g/mol. The quantitative estimate of drug-likeness (QED) is 0.470. The molecule has 0 bridgehead atoms. The van der Waals surface area contributed by atoms with Crippen LogP contribution in [0.25, 0.3) is 0 Å². The van der Waals surface area contributed by atoms with Crippen molar-refractivity contribution in [3.05, 3.63) is 0 Å². The van der Waals surface area contributed by atoms with E-state index in [0.717, 1.165) is 0 Å². The van der Waals surface area contributed by atoms with E-state index in [4.69, 9.17) is 0 Å². The van der Waals surface area contributed by atoms with Crippen molar-refractivity contribution in [1.29, 1.82) is 0 Å². The maximum absolute atomic E-state index is 10.8. The van der Waals surface area contributed by atoms with Crippen molar-refractivity contribution >= 4 is 20.9 Å². The molecule has 0 N–H and O–H groups in total. The van der Waals surface area contributed by atoms with Gasteiger partial charge in [-0.15, -0.1) is 0 Å². The van der Waals surface area contributed by atoms with Crippen molar-refractivity contribution in [2.24, 2.45) is 5.92 Å². The highest BCUT2D eigenvalue weighted by Gasteiger charge is 2.27. The minimum Gasteiger partial charge on any atom is -0.299 e. The van der Waals surface area contributed by atoms with Crippen LogP contribution >= 0.6 is 0 Å². The Hall–Kier alpha value is -0.640. The lowest BCUT2D eigenvalue weighted by atomic mass is 10.1. The molecule has 1 rings (SSSR count). The van der Waals surface area contributed by atoms with E-state index in [2.05, 4.69) is 0 Å². The number of Topliss-reactive ketones (excluding diaryl/α,β-unsaturated/α-hetero) is 1. The summed E-state index contributed by atoms with van der Waals surface area (Å²) in [6.07, 6.45) is 0.820. The third-order valence-corrected chi connectivity index (χ3v) is 2.78. The SMILES string of the molecule is CC1C(=O)CCC1=S(=O)=O. The van der Waals surface area contributed by atoms with Crippen molar-refractivity contribution in [3.8, 4) is 0 Å². The zero-order chi connectivity index (χ0) is 7.72. The van der Waals surface area contributed by atoms with Crippen LogP contribution in [0.4, 0.5) is 0 Å². The number of ketones is 1. The molecule has 0 saturated heterocycles. The standard InChI is InChI=1S/C6H8O3S/c1-4-5(7)2-3-6(4)10(8)9/h4H,2-3H2,1H3. The fraction of sp³-hybridized carbons (Fsp3) is 0.667. The minimum absolute atomic E-state index is 0.0409. The lowest BCUT2D eigenvalue weighted by molar-refractivity contribution is -0.119. The van der Waals surface area contributed by atoms with E-state index in [1.807, 2.05) is 0 Å². The summed E-state index contributed by atoms with van der Waals surface area (Å²) >= 11 is 0. The normalized spacial score (nSPS) is 25.5. The van der Waals surface area contributed by atoms with Gasteiger partial charge < -0.3 is 0 Å². The van der Waals surface area contributed by atoms with Crippen LogP contribution in [0.1, 0.15) is 19.8 Å². The second-order valence-corrected chi connectivity index (χ2v) is 3.38. The molecule has 0 aromatic heterocycles. The average Bonchev–Trinajstić information content (AvgIpc) is 2.14. The van der Waals surface area contributed by atoms with Crippen molar-refractivity contribution < 1.29 is 13.2 Å².